The van der Waals surface area contributed by atoms with Crippen LogP contribution in [0.15, 0.2) is 18.3 Å². The van der Waals surface area contributed by atoms with Crippen LogP contribution in [-0.4, -0.2) is 28.1 Å². The Balaban J connectivity index is 1.98. The highest BCUT2D eigenvalue weighted by molar-refractivity contribution is 5.58. The maximum atomic E-state index is 13.5. The molecule has 1 aromatic carbocycles. The predicted octanol–water partition coefficient (Wildman–Crippen LogP) is 1.51. The fourth-order valence-corrected chi connectivity index (χ4v) is 1.76. The molecule has 0 atom stereocenters. The van der Waals surface area contributed by atoms with Gasteiger partial charge in [-0.15, -0.1) is 5.10 Å². The highest BCUT2D eigenvalue weighted by atomic mass is 19.2. The number of aromatic nitrogens is 3. The van der Waals surface area contributed by atoms with Gasteiger partial charge < -0.3 is 5.32 Å². The van der Waals surface area contributed by atoms with Crippen LogP contribution in [0.3, 0.4) is 0 Å². The lowest BCUT2D eigenvalue weighted by molar-refractivity contribution is 0.313. The SMILES string of the molecule is Fc1cc(F)c(-c2cn(C3CNC3)nn2)cc1F. The van der Waals surface area contributed by atoms with Crippen LogP contribution in [0.4, 0.5) is 13.2 Å². The second-order valence-corrected chi connectivity index (χ2v) is 4.14. The van der Waals surface area contributed by atoms with Gasteiger partial charge in [0.25, 0.3) is 0 Å². The number of benzene rings is 1. The molecule has 1 aromatic heterocycles. The van der Waals surface area contributed by atoms with E-state index in [0.29, 0.717) is 6.07 Å². The molecule has 18 heavy (non-hydrogen) atoms. The number of nitrogens with zero attached hydrogens (tertiary/aromatic N) is 3. The molecule has 0 saturated carbocycles. The third-order valence-corrected chi connectivity index (χ3v) is 2.93. The first-order chi connectivity index (χ1) is 8.65. The molecule has 3 rings (SSSR count). The fourth-order valence-electron chi connectivity index (χ4n) is 1.76. The largest absolute Gasteiger partial charge is 0.312 e. The minimum atomic E-state index is -1.22. The smallest absolute Gasteiger partial charge is 0.161 e. The van der Waals surface area contributed by atoms with Gasteiger partial charge in [0, 0.05) is 24.7 Å². The van der Waals surface area contributed by atoms with E-state index in [1.807, 2.05) is 0 Å². The van der Waals surface area contributed by atoms with Crippen molar-refractivity contribution in [3.8, 4) is 11.3 Å². The molecule has 4 nitrogen and oxygen atoms in total. The van der Waals surface area contributed by atoms with Crippen molar-refractivity contribution in [2.24, 2.45) is 0 Å². The normalized spacial score (nSPS) is 15.7. The van der Waals surface area contributed by atoms with Gasteiger partial charge in [-0.1, -0.05) is 5.21 Å². The molecule has 1 aliphatic rings. The maximum absolute atomic E-state index is 13.5. The van der Waals surface area contributed by atoms with Crippen LogP contribution in [0, 0.1) is 17.5 Å². The highest BCUT2D eigenvalue weighted by Gasteiger charge is 2.21. The van der Waals surface area contributed by atoms with Crippen molar-refractivity contribution in [3.63, 3.8) is 0 Å². The molecule has 2 aromatic rings. The van der Waals surface area contributed by atoms with Gasteiger partial charge >= 0.3 is 0 Å². The Morgan fingerprint density at radius 3 is 2.50 bits per heavy atom. The second-order valence-electron chi connectivity index (χ2n) is 4.14. The summed E-state index contributed by atoms with van der Waals surface area (Å²) in [6.45, 7) is 1.53. The molecule has 0 radical (unpaired) electrons. The lowest BCUT2D eigenvalue weighted by atomic mass is 10.1. The minimum Gasteiger partial charge on any atom is -0.312 e. The Bertz CT molecular complexity index is 592. The third kappa shape index (κ3) is 1.76. The van der Waals surface area contributed by atoms with Gasteiger partial charge in [0.2, 0.25) is 0 Å². The Kier molecular flexibility index (Phi) is 2.55. The Hall–Kier alpha value is -1.89. The van der Waals surface area contributed by atoms with Crippen molar-refractivity contribution in [3.05, 3.63) is 35.8 Å². The summed E-state index contributed by atoms with van der Waals surface area (Å²) >= 11 is 0. The van der Waals surface area contributed by atoms with Crippen molar-refractivity contribution in [1.29, 1.82) is 0 Å². The van der Waals surface area contributed by atoms with Gasteiger partial charge in [0.05, 0.1) is 12.2 Å². The first kappa shape index (κ1) is 11.2. The predicted molar refractivity (Wildman–Crippen MR) is 57.2 cm³/mol. The molecule has 0 bridgehead atoms. The van der Waals surface area contributed by atoms with Crippen LogP contribution < -0.4 is 5.32 Å². The molecule has 94 valence electrons. The van der Waals surface area contributed by atoms with E-state index in [1.165, 1.54) is 6.20 Å². The highest BCUT2D eigenvalue weighted by Crippen LogP contribution is 2.24. The van der Waals surface area contributed by atoms with Crippen molar-refractivity contribution < 1.29 is 13.2 Å². The van der Waals surface area contributed by atoms with E-state index in [9.17, 15) is 13.2 Å². The molecular weight excluding hydrogens is 245 g/mol. The number of hydrogen-bond donors (Lipinski definition) is 1. The zero-order valence-corrected chi connectivity index (χ0v) is 9.20. The zero-order chi connectivity index (χ0) is 12.7. The Morgan fingerprint density at radius 2 is 1.83 bits per heavy atom. The number of nitrogens with one attached hydrogen (secondary N) is 1. The number of hydrogen-bond acceptors (Lipinski definition) is 3. The summed E-state index contributed by atoms with van der Waals surface area (Å²) in [4.78, 5) is 0. The molecule has 1 N–H and O–H groups in total. The summed E-state index contributed by atoms with van der Waals surface area (Å²) in [6.07, 6.45) is 1.53. The van der Waals surface area contributed by atoms with Crippen LogP contribution in [0.25, 0.3) is 11.3 Å². The summed E-state index contributed by atoms with van der Waals surface area (Å²) in [5.74, 6) is -3.18. The van der Waals surface area contributed by atoms with Crippen molar-refractivity contribution in [1.82, 2.24) is 20.3 Å². The van der Waals surface area contributed by atoms with Crippen molar-refractivity contribution in [2.75, 3.05) is 13.1 Å². The van der Waals surface area contributed by atoms with Gasteiger partial charge in [0.1, 0.15) is 11.5 Å². The van der Waals surface area contributed by atoms with Crippen LogP contribution >= 0.6 is 0 Å². The molecule has 1 aliphatic heterocycles. The first-order valence-electron chi connectivity index (χ1n) is 5.42. The molecule has 1 saturated heterocycles. The molecular formula is C11H9F3N4. The van der Waals surface area contributed by atoms with Crippen LogP contribution in [-0.2, 0) is 0 Å². The standard InChI is InChI=1S/C11H9F3N4/c12-8-2-10(14)9(13)1-7(8)11-5-18(17-16-11)6-3-15-4-6/h1-2,5-6,15H,3-4H2. The zero-order valence-electron chi connectivity index (χ0n) is 9.20. The number of rotatable bonds is 2. The third-order valence-electron chi connectivity index (χ3n) is 2.93. The first-order valence-corrected chi connectivity index (χ1v) is 5.42. The molecule has 2 heterocycles. The van der Waals surface area contributed by atoms with Gasteiger partial charge in [-0.3, -0.25) is 0 Å². The molecule has 0 amide bonds. The fraction of sp³-hybridized carbons (Fsp3) is 0.273. The van der Waals surface area contributed by atoms with Gasteiger partial charge in [0.15, 0.2) is 11.6 Å². The van der Waals surface area contributed by atoms with Gasteiger partial charge in [-0.2, -0.15) is 0 Å². The molecule has 0 unspecified atom stereocenters. The van der Waals surface area contributed by atoms with Crippen molar-refractivity contribution in [2.45, 2.75) is 6.04 Å². The minimum absolute atomic E-state index is 0.0903. The molecule has 0 spiro atoms. The Morgan fingerprint density at radius 1 is 1.11 bits per heavy atom. The van der Waals surface area contributed by atoms with E-state index in [4.69, 9.17) is 0 Å². The van der Waals surface area contributed by atoms with Crippen LogP contribution in [0.1, 0.15) is 6.04 Å². The van der Waals surface area contributed by atoms with E-state index >= 15 is 0 Å². The van der Waals surface area contributed by atoms with E-state index in [2.05, 4.69) is 15.6 Å². The quantitative estimate of drug-likeness (QED) is 0.826. The maximum Gasteiger partial charge on any atom is 0.161 e. The Labute approximate surface area is 100 Å². The topological polar surface area (TPSA) is 42.7 Å². The van der Waals surface area contributed by atoms with Crippen molar-refractivity contribution >= 4 is 0 Å². The summed E-state index contributed by atoms with van der Waals surface area (Å²) in [7, 11) is 0. The van der Waals surface area contributed by atoms with Gasteiger partial charge in [-0.25, -0.2) is 17.9 Å². The van der Waals surface area contributed by atoms with Crippen LogP contribution in [0.2, 0.25) is 0 Å². The lowest BCUT2D eigenvalue weighted by Gasteiger charge is -2.26. The molecule has 1 fully saturated rings. The molecule has 7 heteroatoms. The van der Waals surface area contributed by atoms with E-state index < -0.39 is 17.5 Å². The van der Waals surface area contributed by atoms with E-state index in [-0.39, 0.29) is 17.3 Å². The van der Waals surface area contributed by atoms with E-state index in [0.717, 1.165) is 19.2 Å². The van der Waals surface area contributed by atoms with Crippen LogP contribution in [0.5, 0.6) is 0 Å². The summed E-state index contributed by atoms with van der Waals surface area (Å²) in [6, 6.07) is 1.48. The monoisotopic (exact) mass is 254 g/mol. The molecule has 0 aliphatic carbocycles. The average molecular weight is 254 g/mol. The summed E-state index contributed by atoms with van der Waals surface area (Å²) in [5.41, 5.74) is 0.103. The lowest BCUT2D eigenvalue weighted by Crippen LogP contribution is -2.43. The average Bonchev–Trinajstić information content (AvgIpc) is 2.70. The number of halogens is 3. The summed E-state index contributed by atoms with van der Waals surface area (Å²) in [5, 5.41) is 10.7. The van der Waals surface area contributed by atoms with E-state index in [1.54, 1.807) is 4.68 Å². The summed E-state index contributed by atoms with van der Waals surface area (Å²) < 4.78 is 41.0. The van der Waals surface area contributed by atoms with Gasteiger partial charge in [-0.05, 0) is 6.07 Å². The second kappa shape index (κ2) is 4.09.